The number of nitrogens with one attached hydrogen (secondary N) is 1. The third-order valence-corrected chi connectivity index (χ3v) is 5.79. The van der Waals surface area contributed by atoms with Crippen molar-refractivity contribution in [3.8, 4) is 16.2 Å². The number of thiocarbonyl (C=S) groups is 1. The molecule has 2 rings (SSSR count). The lowest BCUT2D eigenvalue weighted by Crippen LogP contribution is -2.38. The van der Waals surface area contributed by atoms with Crippen LogP contribution in [0.5, 0.6) is 5.75 Å². The number of hydrogen-bond donors (Lipinski definition) is 3. The Balaban J connectivity index is 2.15. The van der Waals surface area contributed by atoms with Crippen LogP contribution >= 0.6 is 46.8 Å². The average molecular weight is 432 g/mol. The molecule has 26 heavy (non-hydrogen) atoms. The van der Waals surface area contributed by atoms with Crippen LogP contribution < -0.4 is 11.2 Å². The minimum absolute atomic E-state index is 0.131. The zero-order chi connectivity index (χ0) is 19.3. The van der Waals surface area contributed by atoms with E-state index in [0.29, 0.717) is 44.2 Å². The lowest BCUT2D eigenvalue weighted by molar-refractivity contribution is 0.193. The number of methoxy groups -OCH3 is 1. The molecule has 0 aliphatic carbocycles. The molecule has 1 heterocycles. The van der Waals surface area contributed by atoms with Crippen molar-refractivity contribution < 1.29 is 9.84 Å². The Hall–Kier alpha value is -1.22. The molecule has 0 saturated carbocycles. The maximum Gasteiger partial charge on any atom is 0.143 e. The van der Waals surface area contributed by atoms with Crippen LogP contribution in [-0.4, -0.2) is 35.6 Å². The molecule has 4 N–H and O–H groups in total. The van der Waals surface area contributed by atoms with E-state index < -0.39 is 0 Å². The number of hydrazone groups is 1. The Bertz CT molecular complexity index is 824. The van der Waals surface area contributed by atoms with Crippen LogP contribution in [0.2, 0.25) is 10.0 Å². The molecular weight excluding hydrogens is 413 g/mol. The first-order valence-corrected chi connectivity index (χ1v) is 9.74. The molecule has 0 aliphatic rings. The predicted octanol–water partition coefficient (Wildman–Crippen LogP) is 4.43. The SMILES string of the molecule is COCCC(N)C(=S)NN=C(C)c1csc(-c2ccc(Cl)c(Cl)c2)c1O. The van der Waals surface area contributed by atoms with Crippen LogP contribution in [0.25, 0.3) is 10.4 Å². The molecule has 0 bridgehead atoms. The topological polar surface area (TPSA) is 79.9 Å². The van der Waals surface area contributed by atoms with Crippen LogP contribution in [0.4, 0.5) is 0 Å². The van der Waals surface area contributed by atoms with Gasteiger partial charge in [-0.3, -0.25) is 5.43 Å². The van der Waals surface area contributed by atoms with Gasteiger partial charge in [-0.05, 0) is 31.0 Å². The highest BCUT2D eigenvalue weighted by Crippen LogP contribution is 2.40. The number of nitrogens with two attached hydrogens (primary N) is 1. The summed E-state index contributed by atoms with van der Waals surface area (Å²) in [5.41, 5.74) is 10.7. The molecule has 9 heteroatoms. The monoisotopic (exact) mass is 431 g/mol. The second kappa shape index (κ2) is 9.64. The first-order valence-electron chi connectivity index (χ1n) is 7.70. The molecule has 0 fully saturated rings. The van der Waals surface area contributed by atoms with E-state index in [0.717, 1.165) is 5.56 Å². The van der Waals surface area contributed by atoms with Crippen molar-refractivity contribution in [1.82, 2.24) is 5.43 Å². The highest BCUT2D eigenvalue weighted by Gasteiger charge is 2.16. The lowest BCUT2D eigenvalue weighted by Gasteiger charge is -2.12. The molecule has 2 aromatic rings. The third-order valence-electron chi connectivity index (χ3n) is 3.64. The van der Waals surface area contributed by atoms with Crippen molar-refractivity contribution in [3.05, 3.63) is 39.2 Å². The van der Waals surface area contributed by atoms with Gasteiger partial charge in [-0.1, -0.05) is 41.5 Å². The normalized spacial score (nSPS) is 12.9. The molecule has 5 nitrogen and oxygen atoms in total. The van der Waals surface area contributed by atoms with Crippen LogP contribution in [0, 0.1) is 0 Å². The van der Waals surface area contributed by atoms with E-state index in [2.05, 4.69) is 10.5 Å². The number of rotatable bonds is 7. The summed E-state index contributed by atoms with van der Waals surface area (Å²) in [6.07, 6.45) is 0.599. The Labute approximate surface area is 171 Å². The van der Waals surface area contributed by atoms with E-state index in [1.54, 1.807) is 32.2 Å². The first-order chi connectivity index (χ1) is 12.3. The van der Waals surface area contributed by atoms with Gasteiger partial charge in [0.1, 0.15) is 10.7 Å². The van der Waals surface area contributed by atoms with Gasteiger partial charge in [0.05, 0.1) is 32.2 Å². The number of nitrogens with zero attached hydrogens (tertiary/aromatic N) is 1. The van der Waals surface area contributed by atoms with Crippen LogP contribution in [-0.2, 0) is 4.74 Å². The quantitative estimate of drug-likeness (QED) is 0.343. The molecule has 140 valence electrons. The van der Waals surface area contributed by atoms with Crippen molar-refractivity contribution in [1.29, 1.82) is 0 Å². The first kappa shape index (κ1) is 21.1. The largest absolute Gasteiger partial charge is 0.506 e. The van der Waals surface area contributed by atoms with Gasteiger partial charge in [0, 0.05) is 19.1 Å². The van der Waals surface area contributed by atoms with Crippen LogP contribution in [0.15, 0.2) is 28.7 Å². The second-order valence-corrected chi connectivity index (χ2v) is 7.65. The van der Waals surface area contributed by atoms with Crippen molar-refractivity contribution in [2.45, 2.75) is 19.4 Å². The zero-order valence-electron chi connectivity index (χ0n) is 14.3. The Kier molecular flexibility index (Phi) is 7.82. The fraction of sp³-hybridized carbons (Fsp3) is 0.294. The Morgan fingerprint density at radius 2 is 2.15 bits per heavy atom. The van der Waals surface area contributed by atoms with Gasteiger partial charge in [0.15, 0.2) is 0 Å². The van der Waals surface area contributed by atoms with Crippen molar-refractivity contribution in [3.63, 3.8) is 0 Å². The van der Waals surface area contributed by atoms with Crippen molar-refractivity contribution in [2.75, 3.05) is 13.7 Å². The maximum atomic E-state index is 10.6. The van der Waals surface area contributed by atoms with Gasteiger partial charge in [-0.2, -0.15) is 5.10 Å². The molecule has 1 aromatic carbocycles. The molecule has 0 spiro atoms. The lowest BCUT2D eigenvalue weighted by atomic mass is 10.1. The van der Waals surface area contributed by atoms with E-state index in [1.165, 1.54) is 11.3 Å². The van der Waals surface area contributed by atoms with Gasteiger partial charge in [0.25, 0.3) is 0 Å². The standard InChI is InChI=1S/C17H19Cl2N3O2S2/c1-9(21-22-17(25)14(20)5-6-24-2)11-8-26-16(15(11)23)10-3-4-12(18)13(19)7-10/h3-4,7-8,14,23H,5-6,20H2,1-2H3,(H,22,25). The number of aromatic hydroxyl groups is 1. The summed E-state index contributed by atoms with van der Waals surface area (Å²) in [7, 11) is 1.61. The molecule has 0 radical (unpaired) electrons. The second-order valence-electron chi connectivity index (χ2n) is 5.52. The van der Waals surface area contributed by atoms with Gasteiger partial charge < -0.3 is 15.6 Å². The minimum atomic E-state index is -0.343. The Morgan fingerprint density at radius 1 is 1.42 bits per heavy atom. The molecular formula is C17H19Cl2N3O2S2. The maximum absolute atomic E-state index is 10.6. The number of halogens is 2. The van der Waals surface area contributed by atoms with Crippen molar-refractivity contribution in [2.24, 2.45) is 10.8 Å². The van der Waals surface area contributed by atoms with Gasteiger partial charge >= 0.3 is 0 Å². The molecule has 0 aliphatic heterocycles. The Morgan fingerprint density at radius 3 is 2.81 bits per heavy atom. The number of hydrogen-bond acceptors (Lipinski definition) is 6. The predicted molar refractivity (Wildman–Crippen MR) is 114 cm³/mol. The number of benzene rings is 1. The smallest absolute Gasteiger partial charge is 0.143 e. The fourth-order valence-electron chi connectivity index (χ4n) is 2.11. The molecule has 0 saturated heterocycles. The fourth-order valence-corrected chi connectivity index (χ4v) is 3.57. The third kappa shape index (κ3) is 5.16. The van der Waals surface area contributed by atoms with Crippen LogP contribution in [0.3, 0.4) is 0 Å². The highest BCUT2D eigenvalue weighted by atomic mass is 35.5. The number of thiophene rings is 1. The van der Waals surface area contributed by atoms with Crippen molar-refractivity contribution >= 4 is 57.5 Å². The van der Waals surface area contributed by atoms with E-state index in [-0.39, 0.29) is 11.8 Å². The van der Waals surface area contributed by atoms with E-state index >= 15 is 0 Å². The summed E-state index contributed by atoms with van der Waals surface area (Å²) in [4.78, 5) is 1.10. The minimum Gasteiger partial charge on any atom is -0.506 e. The summed E-state index contributed by atoms with van der Waals surface area (Å²) in [5.74, 6) is 0.131. The average Bonchev–Trinajstić information content (AvgIpc) is 3.01. The van der Waals surface area contributed by atoms with Crippen LogP contribution in [0.1, 0.15) is 18.9 Å². The van der Waals surface area contributed by atoms with E-state index in [4.69, 9.17) is 45.9 Å². The van der Waals surface area contributed by atoms with E-state index in [1.807, 2.05) is 5.38 Å². The molecule has 1 aromatic heterocycles. The summed E-state index contributed by atoms with van der Waals surface area (Å²) < 4.78 is 4.98. The van der Waals surface area contributed by atoms with Gasteiger partial charge in [0.2, 0.25) is 0 Å². The van der Waals surface area contributed by atoms with E-state index in [9.17, 15) is 5.11 Å². The summed E-state index contributed by atoms with van der Waals surface area (Å²) in [6.45, 7) is 2.29. The number of ether oxygens (including phenoxy) is 1. The summed E-state index contributed by atoms with van der Waals surface area (Å²) >= 11 is 18.6. The summed E-state index contributed by atoms with van der Waals surface area (Å²) in [5, 5.41) is 17.5. The highest BCUT2D eigenvalue weighted by molar-refractivity contribution is 7.80. The van der Waals surface area contributed by atoms with Gasteiger partial charge in [-0.15, -0.1) is 11.3 Å². The van der Waals surface area contributed by atoms with Gasteiger partial charge in [-0.25, -0.2) is 0 Å². The molecule has 1 atom stereocenters. The molecule has 0 amide bonds. The summed E-state index contributed by atoms with van der Waals surface area (Å²) in [6, 6.07) is 4.87. The zero-order valence-corrected chi connectivity index (χ0v) is 17.4. The molecule has 1 unspecified atom stereocenters.